The first kappa shape index (κ1) is 15.5. The van der Waals surface area contributed by atoms with Gasteiger partial charge in [-0.2, -0.15) is 0 Å². The van der Waals surface area contributed by atoms with E-state index in [0.717, 1.165) is 32.1 Å². The summed E-state index contributed by atoms with van der Waals surface area (Å²) in [5.74, 6) is 2.45. The van der Waals surface area contributed by atoms with Crippen LogP contribution in [-0.4, -0.2) is 25.8 Å². The number of rotatable bonds is 3. The Morgan fingerprint density at radius 3 is 2.72 bits per heavy atom. The standard InChI is InChI=1S/C17H20BrN5O2/c1-10-2-13(22-25-10)20-14(24)16-4-11-3-12(5-16)7-17(6-11,8-16)23-9-19-15(18)21-23/h2,9,11-12H,3-8H2,1H3,(H,20,22,24)/t11-,12-,16?,17?/m0/s1. The largest absolute Gasteiger partial charge is 0.360 e. The Bertz CT molecular complexity index is 830. The van der Waals surface area contributed by atoms with Crippen LogP contribution in [0.15, 0.2) is 21.7 Å². The highest BCUT2D eigenvalue weighted by Crippen LogP contribution is 2.64. The van der Waals surface area contributed by atoms with Gasteiger partial charge in [0.15, 0.2) is 5.82 Å². The predicted octanol–water partition coefficient (Wildman–Crippen LogP) is 3.27. The van der Waals surface area contributed by atoms with E-state index in [1.807, 2.05) is 17.9 Å². The molecule has 4 saturated carbocycles. The molecule has 8 heteroatoms. The number of halogens is 1. The molecule has 4 aliphatic carbocycles. The van der Waals surface area contributed by atoms with E-state index >= 15 is 0 Å². The Kier molecular flexibility index (Phi) is 3.21. The van der Waals surface area contributed by atoms with Crippen LogP contribution < -0.4 is 5.32 Å². The number of nitrogens with one attached hydrogen (secondary N) is 1. The molecule has 132 valence electrons. The minimum atomic E-state index is -0.338. The summed E-state index contributed by atoms with van der Waals surface area (Å²) in [6.07, 6.45) is 7.98. The molecule has 25 heavy (non-hydrogen) atoms. The van der Waals surface area contributed by atoms with Crippen molar-refractivity contribution < 1.29 is 9.32 Å². The number of aryl methyl sites for hydroxylation is 1. The van der Waals surface area contributed by atoms with E-state index in [1.54, 1.807) is 6.07 Å². The smallest absolute Gasteiger partial charge is 0.231 e. The molecule has 4 bridgehead atoms. The second kappa shape index (κ2) is 5.16. The monoisotopic (exact) mass is 405 g/mol. The maximum atomic E-state index is 13.2. The third-order valence-corrected chi connectivity index (χ3v) is 6.69. The van der Waals surface area contributed by atoms with Gasteiger partial charge < -0.3 is 9.84 Å². The zero-order valence-corrected chi connectivity index (χ0v) is 15.6. The molecule has 0 aromatic carbocycles. The summed E-state index contributed by atoms with van der Waals surface area (Å²) in [4.78, 5) is 17.5. The van der Waals surface area contributed by atoms with E-state index in [0.29, 0.717) is 28.1 Å². The maximum Gasteiger partial charge on any atom is 0.231 e. The third-order valence-electron chi connectivity index (χ3n) is 6.33. The van der Waals surface area contributed by atoms with E-state index in [4.69, 9.17) is 4.52 Å². The predicted molar refractivity (Wildman–Crippen MR) is 92.7 cm³/mol. The zero-order valence-electron chi connectivity index (χ0n) is 14.0. The Morgan fingerprint density at radius 2 is 2.12 bits per heavy atom. The summed E-state index contributed by atoms with van der Waals surface area (Å²) in [6, 6.07) is 1.77. The minimum absolute atomic E-state index is 0.0819. The number of hydrogen-bond donors (Lipinski definition) is 1. The van der Waals surface area contributed by atoms with Crippen LogP contribution in [0.25, 0.3) is 0 Å². The lowest BCUT2D eigenvalue weighted by Crippen LogP contribution is -2.60. The second-order valence-corrected chi connectivity index (χ2v) is 8.91. The second-order valence-electron chi connectivity index (χ2n) is 8.20. The quantitative estimate of drug-likeness (QED) is 0.846. The first-order valence-electron chi connectivity index (χ1n) is 8.79. The number of carbonyl (C=O) groups excluding carboxylic acids is 1. The topological polar surface area (TPSA) is 85.8 Å². The lowest BCUT2D eigenvalue weighted by atomic mass is 9.46. The zero-order chi connectivity index (χ0) is 17.2. The molecule has 4 aliphatic rings. The van der Waals surface area contributed by atoms with Gasteiger partial charge >= 0.3 is 0 Å². The first-order chi connectivity index (χ1) is 12.0. The van der Waals surface area contributed by atoms with Crippen molar-refractivity contribution in [3.05, 3.63) is 22.9 Å². The van der Waals surface area contributed by atoms with Crippen LogP contribution in [-0.2, 0) is 10.3 Å². The molecular weight excluding hydrogens is 386 g/mol. The Hall–Kier alpha value is -1.70. The van der Waals surface area contributed by atoms with E-state index in [1.165, 1.54) is 6.42 Å². The van der Waals surface area contributed by atoms with Gasteiger partial charge in [-0.3, -0.25) is 4.79 Å². The summed E-state index contributed by atoms with van der Waals surface area (Å²) in [7, 11) is 0. The van der Waals surface area contributed by atoms with Crippen molar-refractivity contribution >= 4 is 27.7 Å². The Labute approximate surface area is 153 Å². The molecule has 2 aromatic heterocycles. The Morgan fingerprint density at radius 1 is 1.36 bits per heavy atom. The number of aromatic nitrogens is 4. The van der Waals surface area contributed by atoms with E-state index in [9.17, 15) is 4.79 Å². The van der Waals surface area contributed by atoms with Gasteiger partial charge in [-0.25, -0.2) is 9.67 Å². The lowest BCUT2D eigenvalue weighted by Gasteiger charge is -2.60. The summed E-state index contributed by atoms with van der Waals surface area (Å²) < 4.78 is 7.71. The highest BCUT2D eigenvalue weighted by atomic mass is 79.9. The van der Waals surface area contributed by atoms with Gasteiger partial charge in [-0.1, -0.05) is 5.16 Å². The molecule has 0 saturated heterocycles. The van der Waals surface area contributed by atoms with Crippen molar-refractivity contribution in [3.63, 3.8) is 0 Å². The van der Waals surface area contributed by atoms with Crippen molar-refractivity contribution in [2.45, 2.75) is 51.0 Å². The van der Waals surface area contributed by atoms with Gasteiger partial charge in [-0.05, 0) is 73.2 Å². The van der Waals surface area contributed by atoms with Crippen molar-refractivity contribution in [2.75, 3.05) is 5.32 Å². The molecule has 1 N–H and O–H groups in total. The highest BCUT2D eigenvalue weighted by Gasteiger charge is 2.61. The summed E-state index contributed by atoms with van der Waals surface area (Å²) in [5.41, 5.74) is -0.421. The molecule has 2 aromatic rings. The molecule has 2 atom stereocenters. The number of hydrogen-bond acceptors (Lipinski definition) is 5. The number of nitrogens with zero attached hydrogens (tertiary/aromatic N) is 4. The summed E-state index contributed by atoms with van der Waals surface area (Å²) >= 11 is 3.36. The van der Waals surface area contributed by atoms with Crippen LogP contribution >= 0.6 is 15.9 Å². The molecule has 1 amide bonds. The van der Waals surface area contributed by atoms with Crippen molar-refractivity contribution in [3.8, 4) is 0 Å². The summed E-state index contributed by atoms with van der Waals surface area (Å²) in [6.45, 7) is 1.82. The van der Waals surface area contributed by atoms with Gasteiger partial charge in [0.05, 0.1) is 11.0 Å². The fourth-order valence-electron chi connectivity index (χ4n) is 5.89. The van der Waals surface area contributed by atoms with E-state index in [-0.39, 0.29) is 16.9 Å². The average molecular weight is 406 g/mol. The molecule has 2 heterocycles. The molecule has 4 fully saturated rings. The Balaban J connectivity index is 1.48. The highest BCUT2D eigenvalue weighted by molar-refractivity contribution is 9.10. The fourth-order valence-corrected chi connectivity index (χ4v) is 6.16. The van der Waals surface area contributed by atoms with E-state index in [2.05, 4.69) is 36.5 Å². The minimum Gasteiger partial charge on any atom is -0.360 e. The van der Waals surface area contributed by atoms with Gasteiger partial charge in [0.25, 0.3) is 0 Å². The average Bonchev–Trinajstić information content (AvgIpc) is 3.15. The molecule has 0 unspecified atom stereocenters. The fraction of sp³-hybridized carbons (Fsp3) is 0.647. The van der Waals surface area contributed by atoms with Gasteiger partial charge in [-0.15, -0.1) is 5.10 Å². The molecule has 6 rings (SSSR count). The summed E-state index contributed by atoms with van der Waals surface area (Å²) in [5, 5.41) is 11.5. The molecule has 0 radical (unpaired) electrons. The van der Waals surface area contributed by atoms with Gasteiger partial charge in [0.2, 0.25) is 10.6 Å². The number of amides is 1. The van der Waals surface area contributed by atoms with Crippen LogP contribution in [0.1, 0.15) is 44.3 Å². The normalized spacial score (nSPS) is 35.9. The number of carbonyl (C=O) groups is 1. The van der Waals surface area contributed by atoms with Crippen LogP contribution in [0.2, 0.25) is 0 Å². The van der Waals surface area contributed by atoms with Crippen LogP contribution in [0, 0.1) is 24.2 Å². The van der Waals surface area contributed by atoms with Crippen LogP contribution in [0.3, 0.4) is 0 Å². The van der Waals surface area contributed by atoms with Crippen molar-refractivity contribution in [2.24, 2.45) is 17.3 Å². The molecule has 0 spiro atoms. The molecule has 0 aliphatic heterocycles. The van der Waals surface area contributed by atoms with Gasteiger partial charge in [0, 0.05) is 6.07 Å². The van der Waals surface area contributed by atoms with Crippen molar-refractivity contribution in [1.29, 1.82) is 0 Å². The van der Waals surface area contributed by atoms with Crippen LogP contribution in [0.4, 0.5) is 5.82 Å². The maximum absolute atomic E-state index is 13.2. The first-order valence-corrected chi connectivity index (χ1v) is 9.58. The van der Waals surface area contributed by atoms with Crippen molar-refractivity contribution in [1.82, 2.24) is 19.9 Å². The molecular formula is C17H20BrN5O2. The van der Waals surface area contributed by atoms with E-state index < -0.39 is 0 Å². The lowest BCUT2D eigenvalue weighted by molar-refractivity contribution is -0.150. The van der Waals surface area contributed by atoms with Crippen LogP contribution in [0.5, 0.6) is 0 Å². The molecule has 7 nitrogen and oxygen atoms in total. The third kappa shape index (κ3) is 2.37. The number of anilines is 1. The SMILES string of the molecule is Cc1cc(NC(=O)C23C[C@@H]4C[C@@H](C2)CC(n2cnc(Br)n2)(C4)C3)no1. The van der Waals surface area contributed by atoms with Gasteiger partial charge in [0.1, 0.15) is 12.1 Å².